The van der Waals surface area contributed by atoms with Crippen molar-refractivity contribution in [3.05, 3.63) is 0 Å². The molecule has 0 amide bonds. The Morgan fingerprint density at radius 2 is 1.17 bits per heavy atom. The first-order valence-electron chi connectivity index (χ1n) is 10.9. The molecule has 136 valence electrons. The van der Waals surface area contributed by atoms with E-state index in [0.717, 1.165) is 12.8 Å². The molecule has 6 unspecified atom stereocenters. The van der Waals surface area contributed by atoms with Crippen molar-refractivity contribution < 1.29 is 24.5 Å². The fraction of sp³-hybridized carbons (Fsp3) is 1.00. The van der Waals surface area contributed by atoms with Gasteiger partial charge in [-0.05, 0) is 62.4 Å². The van der Waals surface area contributed by atoms with Crippen molar-refractivity contribution in [2.75, 3.05) is 0 Å². The fourth-order valence-electron chi connectivity index (χ4n) is 3.63. The molecule has 2 aliphatic carbocycles. The lowest BCUT2D eigenvalue weighted by atomic mass is 9.84. The molecule has 0 saturated heterocycles. The van der Waals surface area contributed by atoms with Crippen LogP contribution < -0.4 is 0 Å². The van der Waals surface area contributed by atoms with Gasteiger partial charge in [-0.25, -0.2) is 0 Å². The third-order valence-electron chi connectivity index (χ3n) is 5.23. The van der Waals surface area contributed by atoms with Gasteiger partial charge in [0.15, 0.2) is 0 Å². The van der Waals surface area contributed by atoms with E-state index in [9.17, 15) is 20.4 Å². The minimum Gasteiger partial charge on any atom is -0.465 e. The summed E-state index contributed by atoms with van der Waals surface area (Å²) in [4.78, 5) is 0. The summed E-state index contributed by atoms with van der Waals surface area (Å²) in [7, 11) is -7.24. The smallest absolute Gasteiger partial charge is 0.146 e. The highest BCUT2D eigenvalue weighted by molar-refractivity contribution is 6.42. The van der Waals surface area contributed by atoms with Crippen LogP contribution in [0.15, 0.2) is 0 Å². The normalized spacial score (nSPS) is 42.4. The van der Waals surface area contributed by atoms with Gasteiger partial charge >= 0.3 is 0 Å². The summed E-state index contributed by atoms with van der Waals surface area (Å²) in [6, 6.07) is 0.419. The number of aliphatic hydroxyl groups is 4. The zero-order chi connectivity index (χ0) is 20.2. The van der Waals surface area contributed by atoms with Gasteiger partial charge in [-0.1, -0.05) is 12.8 Å². The van der Waals surface area contributed by atoms with Gasteiger partial charge < -0.3 is 24.5 Å². The predicted molar refractivity (Wildman–Crippen MR) is 95.7 cm³/mol. The van der Waals surface area contributed by atoms with Crippen LogP contribution in [0, 0.1) is 11.8 Å². The molecule has 4 N–H and O–H groups in total. The quantitative estimate of drug-likeness (QED) is 0.446. The summed E-state index contributed by atoms with van der Waals surface area (Å²) in [6.07, 6.45) is 1.72. The van der Waals surface area contributed by atoms with Gasteiger partial charge in [0.1, 0.15) is 19.3 Å². The maximum Gasteiger partial charge on any atom is 0.146 e. The van der Waals surface area contributed by atoms with E-state index in [1.54, 1.807) is 0 Å². The van der Waals surface area contributed by atoms with E-state index in [1.807, 2.05) is 0 Å². The van der Waals surface area contributed by atoms with E-state index in [2.05, 4.69) is 0 Å². The van der Waals surface area contributed by atoms with Gasteiger partial charge in [0, 0.05) is 4.94 Å². The average Bonchev–Trinajstić information content (AvgIpc) is 2.56. The molecule has 0 heterocycles. The summed E-state index contributed by atoms with van der Waals surface area (Å²) in [5.74, 6) is 0.300. The lowest BCUT2D eigenvalue weighted by molar-refractivity contribution is -0.0258. The molecule has 6 atom stereocenters. The molecule has 0 radical (unpaired) electrons. The molecule has 23 heavy (non-hydrogen) atoms. The Kier molecular flexibility index (Phi) is 6.44. The predicted octanol–water partition coefficient (Wildman–Crippen LogP) is -0.169. The maximum absolute atomic E-state index is 9.74. The van der Waals surface area contributed by atoms with Crippen LogP contribution in [0.5, 0.6) is 0 Å². The van der Waals surface area contributed by atoms with Crippen molar-refractivity contribution in [1.29, 1.82) is 4.94 Å². The fourth-order valence-corrected chi connectivity index (χ4v) is 5.91. The van der Waals surface area contributed by atoms with Crippen molar-refractivity contribution in [3.63, 3.8) is 0 Å². The van der Waals surface area contributed by atoms with Gasteiger partial charge in [-0.15, -0.1) is 0 Å². The molecule has 2 saturated carbocycles. The lowest BCUT2D eigenvalue weighted by Gasteiger charge is -2.30. The van der Waals surface area contributed by atoms with E-state index in [-0.39, 0.29) is 23.9 Å². The Balaban J connectivity index is 1.74. The number of hydrogen-bond donors (Lipinski definition) is 4. The van der Waals surface area contributed by atoms with E-state index < -0.39 is 43.7 Å². The minimum atomic E-state index is -3.62. The number of aliphatic hydroxyl groups excluding tert-OH is 4. The van der Waals surface area contributed by atoms with Gasteiger partial charge in [0.25, 0.3) is 0 Å². The average molecular weight is 371 g/mol. The maximum atomic E-state index is 9.74. The summed E-state index contributed by atoms with van der Waals surface area (Å²) in [5.41, 5.74) is 0. The Morgan fingerprint density at radius 1 is 0.739 bits per heavy atom. The van der Waals surface area contributed by atoms with Crippen LogP contribution in [-0.4, -0.2) is 69.0 Å². The number of hydrogen-bond acceptors (Lipinski definition) is 5. The van der Waals surface area contributed by atoms with Crippen molar-refractivity contribution in [2.45, 2.75) is 87.9 Å². The van der Waals surface area contributed by atoms with E-state index in [0.29, 0.717) is 38.5 Å². The molecule has 5 nitrogen and oxygen atoms in total. The molecule has 0 bridgehead atoms. The third-order valence-corrected chi connectivity index (χ3v) is 7.37. The van der Waals surface area contributed by atoms with E-state index >= 15 is 0 Å². The first-order chi connectivity index (χ1) is 12.5. The van der Waals surface area contributed by atoms with Crippen LogP contribution in [0.3, 0.4) is 0 Å². The first kappa shape index (κ1) is 14.4. The highest BCUT2D eigenvalue weighted by Crippen LogP contribution is 2.29. The highest BCUT2D eigenvalue weighted by Gasteiger charge is 2.28. The van der Waals surface area contributed by atoms with Crippen LogP contribution in [0.4, 0.5) is 0 Å². The van der Waals surface area contributed by atoms with Crippen LogP contribution in [0.2, 0.25) is 12.1 Å². The Hall–Kier alpha value is 0.234. The molecular weight excluding hydrogens is 328 g/mol. The second kappa shape index (κ2) is 10.3. The summed E-state index contributed by atoms with van der Waals surface area (Å²) in [5, 5.41) is 38.6. The van der Waals surface area contributed by atoms with Crippen LogP contribution in [0.1, 0.15) is 51.4 Å². The molecule has 2 rings (SSSR count). The molecule has 2 aliphatic rings. The van der Waals surface area contributed by atoms with Crippen molar-refractivity contribution >= 4 is 19.3 Å². The topological polar surface area (TPSA) is 90.2 Å². The summed E-state index contributed by atoms with van der Waals surface area (Å²) in [6.45, 7) is 0. The van der Waals surface area contributed by atoms with Crippen LogP contribution >= 0.6 is 0 Å². The van der Waals surface area contributed by atoms with Gasteiger partial charge in [-0.2, -0.15) is 0 Å². The zero-order valence-corrected chi connectivity index (χ0v) is 15.7. The van der Waals surface area contributed by atoms with E-state index in [1.165, 1.54) is 0 Å². The van der Waals surface area contributed by atoms with Crippen molar-refractivity contribution in [1.82, 2.24) is 0 Å². The number of rotatable bonds is 8. The molecule has 0 aromatic heterocycles. The molecule has 0 aromatic rings. The monoisotopic (exact) mass is 370 g/mol. The zero-order valence-electron chi connectivity index (χ0n) is 17.7. The van der Waals surface area contributed by atoms with Crippen molar-refractivity contribution in [3.8, 4) is 0 Å². The Bertz CT molecular complexity index is 434. The third kappa shape index (κ3) is 6.93. The van der Waals surface area contributed by atoms with Crippen LogP contribution in [0.25, 0.3) is 0 Å². The van der Waals surface area contributed by atoms with E-state index in [4.69, 9.17) is 9.05 Å². The molecule has 2 fully saturated rings. The molecule has 0 aliphatic heterocycles. The molecule has 0 aromatic carbocycles. The highest BCUT2D eigenvalue weighted by atomic mass is 28.3. The second-order valence-corrected chi connectivity index (χ2v) is 9.49. The van der Waals surface area contributed by atoms with Crippen molar-refractivity contribution in [2.24, 2.45) is 11.8 Å². The van der Waals surface area contributed by atoms with Gasteiger partial charge in [0.05, 0.1) is 24.4 Å². The molecule has 0 spiro atoms. The lowest BCUT2D eigenvalue weighted by Crippen LogP contribution is -2.33. The summed E-state index contributed by atoms with van der Waals surface area (Å²) >= 11 is 0. The first-order valence-corrected chi connectivity index (χ1v) is 11.1. The largest absolute Gasteiger partial charge is 0.465 e. The Labute approximate surface area is 149 Å². The van der Waals surface area contributed by atoms with Gasteiger partial charge in [0.2, 0.25) is 0 Å². The standard InChI is InChI=1S/C16H34O5Si2/c17-13-3-1-11(9-15(13)19)5-7-22-21-23-8-6-12-2-4-14(18)16(20)10-12/h11-20H,1-10,22-23H2/i22T2,23T2. The molecule has 7 heteroatoms. The second-order valence-electron chi connectivity index (χ2n) is 7.10. The molecular formula is C16H34O5Si2. The summed E-state index contributed by atoms with van der Waals surface area (Å²) < 4.78 is 38.1. The van der Waals surface area contributed by atoms with Gasteiger partial charge in [-0.3, -0.25) is 0 Å². The SMILES string of the molecule is [3H][Si]([3H])(CCC1CCC(O)C(O)C1)O[Si]([3H])([3H])CCC1CCC(O)C(O)C1. The van der Waals surface area contributed by atoms with Crippen LogP contribution in [-0.2, 0) is 4.12 Å². The Morgan fingerprint density at radius 3 is 1.57 bits per heavy atom. The minimum absolute atomic E-state index is 0.150.